The van der Waals surface area contributed by atoms with Crippen molar-refractivity contribution in [2.75, 3.05) is 25.0 Å². The number of aryl methyl sites for hydroxylation is 1. The molecule has 0 fully saturated rings. The van der Waals surface area contributed by atoms with Gasteiger partial charge in [-0.3, -0.25) is 0 Å². The van der Waals surface area contributed by atoms with E-state index < -0.39 is 0 Å². The molecule has 0 saturated carbocycles. The second-order valence-corrected chi connectivity index (χ2v) is 8.44. The summed E-state index contributed by atoms with van der Waals surface area (Å²) >= 11 is 11.4. The van der Waals surface area contributed by atoms with Crippen molar-refractivity contribution in [1.29, 1.82) is 0 Å². The van der Waals surface area contributed by atoms with E-state index in [-0.39, 0.29) is 0 Å². The predicted octanol–water partition coefficient (Wildman–Crippen LogP) is 8.28. The molecule has 0 spiro atoms. The molecule has 0 radical (unpaired) electrons. The fourth-order valence-electron chi connectivity index (χ4n) is 3.52. The van der Waals surface area contributed by atoms with E-state index in [1.807, 2.05) is 0 Å². The fraction of sp³-hybridized carbons (Fsp3) is 0.600. The number of hydrogen-bond acceptors (Lipinski definition) is 2. The Kier molecular flexibility index (Phi) is 12.3. The highest BCUT2D eigenvalue weighted by molar-refractivity contribution is 6.18. The minimum atomic E-state index is 0.772. The first-order valence-corrected chi connectivity index (χ1v) is 12.2. The van der Waals surface area contributed by atoms with Crippen molar-refractivity contribution in [3.05, 3.63) is 35.9 Å². The molecule has 29 heavy (non-hydrogen) atoms. The first-order chi connectivity index (χ1) is 14.3. The van der Waals surface area contributed by atoms with Gasteiger partial charge in [0.15, 0.2) is 0 Å². The zero-order chi connectivity index (χ0) is 20.7. The Morgan fingerprint density at radius 1 is 0.655 bits per heavy atom. The lowest BCUT2D eigenvalue weighted by molar-refractivity contribution is 0.303. The lowest BCUT2D eigenvalue weighted by atomic mass is 10.0. The monoisotopic (exact) mass is 438 g/mol. The van der Waals surface area contributed by atoms with Crippen LogP contribution in [0, 0.1) is 6.92 Å². The molecule has 0 atom stereocenters. The molecule has 0 amide bonds. The van der Waals surface area contributed by atoms with Crippen LogP contribution in [0.2, 0.25) is 0 Å². The molecule has 0 aliphatic rings. The van der Waals surface area contributed by atoms with E-state index in [9.17, 15) is 0 Å². The Bertz CT molecular complexity index is 703. The molecule has 2 nitrogen and oxygen atoms in total. The summed E-state index contributed by atoms with van der Waals surface area (Å²) in [7, 11) is 0. The van der Waals surface area contributed by atoms with Crippen molar-refractivity contribution in [3.8, 4) is 11.5 Å². The number of rotatable bonds is 16. The summed E-state index contributed by atoms with van der Waals surface area (Å²) in [6, 6.07) is 10.6. The van der Waals surface area contributed by atoms with Gasteiger partial charge in [-0.25, -0.2) is 0 Å². The molecule has 0 aromatic heterocycles. The third kappa shape index (κ3) is 9.05. The highest BCUT2D eigenvalue weighted by Crippen LogP contribution is 2.30. The molecule has 0 saturated heterocycles. The quantitative estimate of drug-likeness (QED) is 0.193. The second kappa shape index (κ2) is 14.8. The van der Waals surface area contributed by atoms with E-state index >= 15 is 0 Å². The molecule has 0 aliphatic carbocycles. The molecule has 0 bridgehead atoms. The summed E-state index contributed by atoms with van der Waals surface area (Å²) < 4.78 is 12.0. The average Bonchev–Trinajstić information content (AvgIpc) is 2.74. The van der Waals surface area contributed by atoms with Crippen LogP contribution >= 0.6 is 23.2 Å². The molecule has 2 aromatic rings. The third-order valence-electron chi connectivity index (χ3n) is 5.29. The summed E-state index contributed by atoms with van der Waals surface area (Å²) in [4.78, 5) is 0. The van der Waals surface area contributed by atoms with Crippen LogP contribution in [-0.4, -0.2) is 25.0 Å². The Morgan fingerprint density at radius 2 is 1.24 bits per heavy atom. The average molecular weight is 439 g/mol. The zero-order valence-corrected chi connectivity index (χ0v) is 19.4. The maximum atomic E-state index is 6.04. The Hall–Kier alpha value is -1.12. The molecular formula is C25H36Cl2O2. The lowest BCUT2D eigenvalue weighted by Gasteiger charge is -2.13. The predicted molar refractivity (Wildman–Crippen MR) is 127 cm³/mol. The van der Waals surface area contributed by atoms with Crippen LogP contribution in [0.3, 0.4) is 0 Å². The highest BCUT2D eigenvalue weighted by Gasteiger charge is 2.06. The van der Waals surface area contributed by atoms with Crippen molar-refractivity contribution < 1.29 is 9.47 Å². The van der Waals surface area contributed by atoms with E-state index in [0.717, 1.165) is 62.2 Å². The zero-order valence-electron chi connectivity index (χ0n) is 17.9. The number of ether oxygens (including phenoxy) is 2. The van der Waals surface area contributed by atoms with Gasteiger partial charge < -0.3 is 9.47 Å². The van der Waals surface area contributed by atoms with E-state index in [1.165, 1.54) is 54.9 Å². The van der Waals surface area contributed by atoms with E-state index in [0.29, 0.717) is 0 Å². The van der Waals surface area contributed by atoms with Crippen LogP contribution in [0.4, 0.5) is 0 Å². The molecule has 0 aliphatic heterocycles. The van der Waals surface area contributed by atoms with E-state index in [1.54, 1.807) is 0 Å². The van der Waals surface area contributed by atoms with Gasteiger partial charge in [0, 0.05) is 11.8 Å². The van der Waals surface area contributed by atoms with Gasteiger partial charge in [0.25, 0.3) is 0 Å². The van der Waals surface area contributed by atoms with Gasteiger partial charge in [-0.1, -0.05) is 50.7 Å². The maximum Gasteiger partial charge on any atom is 0.122 e. The largest absolute Gasteiger partial charge is 0.494 e. The van der Waals surface area contributed by atoms with Crippen LogP contribution in [0.15, 0.2) is 30.3 Å². The molecule has 4 heteroatoms. The number of fused-ring (bicyclic) bond motifs is 1. The molecule has 0 unspecified atom stereocenters. The molecule has 162 valence electrons. The third-order valence-corrected chi connectivity index (χ3v) is 5.83. The van der Waals surface area contributed by atoms with Crippen molar-refractivity contribution in [3.63, 3.8) is 0 Å². The summed E-state index contributed by atoms with van der Waals surface area (Å²) in [5.41, 5.74) is 1.20. The molecule has 2 rings (SSSR count). The van der Waals surface area contributed by atoms with Gasteiger partial charge in [-0.2, -0.15) is 0 Å². The fourth-order valence-corrected chi connectivity index (χ4v) is 3.89. The Labute approximate surface area is 186 Å². The van der Waals surface area contributed by atoms with Gasteiger partial charge in [0.2, 0.25) is 0 Å². The normalized spacial score (nSPS) is 11.1. The number of benzene rings is 2. The first-order valence-electron chi connectivity index (χ1n) is 11.2. The van der Waals surface area contributed by atoms with Crippen LogP contribution in [0.25, 0.3) is 10.8 Å². The number of halogens is 2. The van der Waals surface area contributed by atoms with Gasteiger partial charge in [-0.05, 0) is 67.1 Å². The summed E-state index contributed by atoms with van der Waals surface area (Å²) in [5, 5.41) is 2.44. The van der Waals surface area contributed by atoms with Crippen LogP contribution in [-0.2, 0) is 0 Å². The van der Waals surface area contributed by atoms with Crippen molar-refractivity contribution >= 4 is 34.0 Å². The van der Waals surface area contributed by atoms with Crippen LogP contribution < -0.4 is 9.47 Å². The van der Waals surface area contributed by atoms with Gasteiger partial charge in [0.1, 0.15) is 11.5 Å². The van der Waals surface area contributed by atoms with Crippen LogP contribution in [0.5, 0.6) is 11.5 Å². The maximum absolute atomic E-state index is 6.04. The van der Waals surface area contributed by atoms with Crippen LogP contribution in [0.1, 0.15) is 69.8 Å². The van der Waals surface area contributed by atoms with E-state index in [4.69, 9.17) is 32.7 Å². The van der Waals surface area contributed by atoms with Gasteiger partial charge >= 0.3 is 0 Å². The van der Waals surface area contributed by atoms with Crippen molar-refractivity contribution in [2.24, 2.45) is 0 Å². The van der Waals surface area contributed by atoms with Gasteiger partial charge in [-0.15, -0.1) is 23.2 Å². The minimum absolute atomic E-state index is 0.772. The summed E-state index contributed by atoms with van der Waals surface area (Å²) in [6.45, 7) is 3.69. The standard InChI is InChI=1S/C25H36Cl2O2/c1-21-24-14-13-23(28-18-10-6-2-4-8-16-26)20-22(24)12-15-25(21)29-19-11-7-3-5-9-17-27/h12-15,20H,2-11,16-19H2,1H3. The topological polar surface area (TPSA) is 18.5 Å². The molecule has 0 heterocycles. The molecular weight excluding hydrogens is 403 g/mol. The molecule has 2 aromatic carbocycles. The number of alkyl halides is 2. The number of unbranched alkanes of at least 4 members (excludes halogenated alkanes) is 8. The smallest absolute Gasteiger partial charge is 0.122 e. The Morgan fingerprint density at radius 3 is 1.90 bits per heavy atom. The van der Waals surface area contributed by atoms with E-state index in [2.05, 4.69) is 37.3 Å². The highest BCUT2D eigenvalue weighted by atomic mass is 35.5. The SMILES string of the molecule is Cc1c(OCCCCCCCCl)ccc2cc(OCCCCCCCCl)ccc12. The summed E-state index contributed by atoms with van der Waals surface area (Å²) in [6.07, 6.45) is 11.8. The summed E-state index contributed by atoms with van der Waals surface area (Å²) in [5.74, 6) is 3.48. The molecule has 0 N–H and O–H groups in total. The van der Waals surface area contributed by atoms with Crippen molar-refractivity contribution in [2.45, 2.75) is 71.1 Å². The second-order valence-electron chi connectivity index (χ2n) is 7.68. The number of hydrogen-bond donors (Lipinski definition) is 0. The lowest BCUT2D eigenvalue weighted by Crippen LogP contribution is -2.00. The van der Waals surface area contributed by atoms with Crippen molar-refractivity contribution in [1.82, 2.24) is 0 Å². The van der Waals surface area contributed by atoms with Gasteiger partial charge in [0.05, 0.1) is 13.2 Å². The minimum Gasteiger partial charge on any atom is -0.494 e. The Balaban J connectivity index is 1.77. The first kappa shape index (κ1) is 24.2.